The first-order valence-electron chi connectivity index (χ1n) is 8.14. The maximum Gasteiger partial charge on any atom is 0.180 e. The minimum atomic E-state index is -3.21. The molecule has 1 aromatic heterocycles. The third-order valence-corrected chi connectivity index (χ3v) is 6.21. The number of nitrogens with zero attached hydrogens (tertiary/aromatic N) is 2. The molecule has 0 bridgehead atoms. The lowest BCUT2D eigenvalue weighted by Crippen LogP contribution is -2.14. The molecular formula is C18H26N2O2S. The summed E-state index contributed by atoms with van der Waals surface area (Å²) in [5, 5.41) is 4.24. The van der Waals surface area contributed by atoms with Gasteiger partial charge in [-0.15, -0.1) is 0 Å². The van der Waals surface area contributed by atoms with Crippen LogP contribution in [0.5, 0.6) is 0 Å². The molecule has 2 aromatic rings. The Kier molecular flexibility index (Phi) is 5.30. The van der Waals surface area contributed by atoms with Gasteiger partial charge in [0.1, 0.15) is 0 Å². The Balaban J connectivity index is 2.22. The van der Waals surface area contributed by atoms with Crippen LogP contribution >= 0.6 is 0 Å². The maximum absolute atomic E-state index is 12.1. The average Bonchev–Trinajstić information content (AvgIpc) is 2.91. The number of rotatable bonds is 6. The Labute approximate surface area is 139 Å². The van der Waals surface area contributed by atoms with E-state index in [9.17, 15) is 8.42 Å². The minimum absolute atomic E-state index is 0.383. The lowest BCUT2D eigenvalue weighted by molar-refractivity contribution is 0.587. The lowest BCUT2D eigenvalue weighted by Gasteiger charge is -2.08. The smallest absolute Gasteiger partial charge is 0.180 e. The van der Waals surface area contributed by atoms with E-state index >= 15 is 0 Å². The number of benzene rings is 1. The van der Waals surface area contributed by atoms with E-state index in [0.29, 0.717) is 17.4 Å². The van der Waals surface area contributed by atoms with E-state index in [1.54, 1.807) is 26.0 Å². The van der Waals surface area contributed by atoms with Gasteiger partial charge in [0.05, 0.1) is 22.4 Å². The van der Waals surface area contributed by atoms with Gasteiger partial charge in [0.15, 0.2) is 9.84 Å². The highest BCUT2D eigenvalue weighted by Gasteiger charge is 2.18. The van der Waals surface area contributed by atoms with Gasteiger partial charge in [0.25, 0.3) is 0 Å². The zero-order chi connectivity index (χ0) is 17.2. The Morgan fingerprint density at radius 3 is 2.13 bits per heavy atom. The van der Waals surface area contributed by atoms with Crippen LogP contribution in [-0.2, 0) is 22.8 Å². The van der Waals surface area contributed by atoms with Crippen molar-refractivity contribution in [2.75, 3.05) is 0 Å². The fraction of sp³-hybridized carbons (Fsp3) is 0.500. The van der Waals surface area contributed by atoms with Crippen molar-refractivity contribution in [2.45, 2.75) is 63.6 Å². The molecule has 0 aliphatic rings. The molecule has 1 aromatic carbocycles. The van der Waals surface area contributed by atoms with E-state index in [1.165, 1.54) is 5.56 Å². The average molecular weight is 334 g/mol. The summed E-state index contributed by atoms with van der Waals surface area (Å²) >= 11 is 0. The first kappa shape index (κ1) is 17.7. The molecule has 0 N–H and O–H groups in total. The Bertz CT molecular complexity index is 757. The predicted octanol–water partition coefficient (Wildman–Crippen LogP) is 3.80. The van der Waals surface area contributed by atoms with Gasteiger partial charge in [-0.3, -0.25) is 4.68 Å². The third kappa shape index (κ3) is 3.83. The monoisotopic (exact) mass is 334 g/mol. The highest BCUT2D eigenvalue weighted by Crippen LogP contribution is 2.20. The summed E-state index contributed by atoms with van der Waals surface area (Å²) in [6.07, 6.45) is 3.02. The quantitative estimate of drug-likeness (QED) is 0.807. The Morgan fingerprint density at radius 1 is 1.09 bits per heavy atom. The molecule has 2 rings (SSSR count). The molecule has 0 saturated carbocycles. The molecule has 0 aliphatic heterocycles. The molecule has 5 heteroatoms. The topological polar surface area (TPSA) is 52.0 Å². The van der Waals surface area contributed by atoms with E-state index in [2.05, 4.69) is 32.1 Å². The number of hydrogen-bond donors (Lipinski definition) is 0. The first-order chi connectivity index (χ1) is 10.8. The number of aryl methyl sites for hydroxylation is 1. The van der Waals surface area contributed by atoms with Crippen LogP contribution in [0.15, 0.2) is 35.4 Å². The van der Waals surface area contributed by atoms with Gasteiger partial charge < -0.3 is 0 Å². The summed E-state index contributed by atoms with van der Waals surface area (Å²) in [6.45, 7) is 10.5. The van der Waals surface area contributed by atoms with E-state index in [-0.39, 0.29) is 0 Å². The second-order valence-corrected chi connectivity index (χ2v) is 8.98. The molecule has 0 saturated heterocycles. The normalized spacial score (nSPS) is 12.3. The van der Waals surface area contributed by atoms with E-state index in [1.807, 2.05) is 16.8 Å². The zero-order valence-corrected chi connectivity index (χ0v) is 15.4. The van der Waals surface area contributed by atoms with Crippen molar-refractivity contribution in [3.8, 4) is 0 Å². The molecule has 0 atom stereocenters. The van der Waals surface area contributed by atoms with Crippen LogP contribution in [-0.4, -0.2) is 23.4 Å². The van der Waals surface area contributed by atoms with Crippen LogP contribution < -0.4 is 0 Å². The Hall–Kier alpha value is -1.62. The molecular weight excluding hydrogens is 308 g/mol. The first-order valence-corrected chi connectivity index (χ1v) is 9.69. The fourth-order valence-electron chi connectivity index (χ4n) is 2.56. The molecule has 0 spiro atoms. The molecule has 0 fully saturated rings. The molecule has 0 aliphatic carbocycles. The van der Waals surface area contributed by atoms with Gasteiger partial charge >= 0.3 is 0 Å². The fourth-order valence-corrected chi connectivity index (χ4v) is 3.62. The predicted molar refractivity (Wildman–Crippen MR) is 93.6 cm³/mol. The zero-order valence-electron chi connectivity index (χ0n) is 14.6. The summed E-state index contributed by atoms with van der Waals surface area (Å²) in [5.74, 6) is 0.456. The third-order valence-electron chi connectivity index (χ3n) is 4.04. The summed E-state index contributed by atoms with van der Waals surface area (Å²) < 4.78 is 26.2. The molecule has 0 radical (unpaired) electrons. The highest BCUT2D eigenvalue weighted by molar-refractivity contribution is 7.92. The standard InChI is InChI=1S/C18H26N2O2S/c1-6-18-17(13(2)3)12-20(19-18)11-15-7-9-16(10-8-15)23(21,22)14(4)5/h7-10,12-14H,6,11H2,1-5H3. The van der Waals surface area contributed by atoms with Gasteiger partial charge in [-0.1, -0.05) is 32.9 Å². The van der Waals surface area contributed by atoms with Crippen LogP contribution in [0.2, 0.25) is 0 Å². The number of aromatic nitrogens is 2. The molecule has 0 amide bonds. The van der Waals surface area contributed by atoms with Gasteiger partial charge in [-0.05, 0) is 49.4 Å². The van der Waals surface area contributed by atoms with E-state index in [4.69, 9.17) is 0 Å². The summed E-state index contributed by atoms with van der Waals surface area (Å²) in [7, 11) is -3.21. The van der Waals surface area contributed by atoms with E-state index in [0.717, 1.165) is 17.7 Å². The van der Waals surface area contributed by atoms with Crippen molar-refractivity contribution in [1.82, 2.24) is 9.78 Å². The highest BCUT2D eigenvalue weighted by atomic mass is 32.2. The Morgan fingerprint density at radius 2 is 1.70 bits per heavy atom. The van der Waals surface area contributed by atoms with Crippen LogP contribution in [0.25, 0.3) is 0 Å². The molecule has 23 heavy (non-hydrogen) atoms. The molecule has 4 nitrogen and oxygen atoms in total. The van der Waals surface area contributed by atoms with Gasteiger partial charge in [0, 0.05) is 6.20 Å². The second-order valence-electron chi connectivity index (χ2n) is 6.47. The van der Waals surface area contributed by atoms with Crippen molar-refractivity contribution in [3.63, 3.8) is 0 Å². The van der Waals surface area contributed by atoms with E-state index < -0.39 is 15.1 Å². The van der Waals surface area contributed by atoms with Crippen molar-refractivity contribution in [2.24, 2.45) is 0 Å². The van der Waals surface area contributed by atoms with Gasteiger partial charge in [-0.25, -0.2) is 8.42 Å². The van der Waals surface area contributed by atoms with Crippen LogP contribution in [0.4, 0.5) is 0 Å². The van der Waals surface area contributed by atoms with Crippen molar-refractivity contribution in [3.05, 3.63) is 47.3 Å². The summed E-state index contributed by atoms with van der Waals surface area (Å²) in [5.41, 5.74) is 3.47. The minimum Gasteiger partial charge on any atom is -0.268 e. The van der Waals surface area contributed by atoms with Crippen LogP contribution in [0.1, 0.15) is 57.4 Å². The number of sulfone groups is 1. The van der Waals surface area contributed by atoms with Crippen LogP contribution in [0.3, 0.4) is 0 Å². The molecule has 126 valence electrons. The van der Waals surface area contributed by atoms with Gasteiger partial charge in [-0.2, -0.15) is 5.10 Å². The van der Waals surface area contributed by atoms with Crippen LogP contribution in [0, 0.1) is 0 Å². The number of hydrogen-bond acceptors (Lipinski definition) is 3. The largest absolute Gasteiger partial charge is 0.268 e. The summed E-state index contributed by atoms with van der Waals surface area (Å²) in [4.78, 5) is 0.383. The SMILES string of the molecule is CCc1nn(Cc2ccc(S(=O)(=O)C(C)C)cc2)cc1C(C)C. The van der Waals surface area contributed by atoms with Crippen molar-refractivity contribution in [1.29, 1.82) is 0 Å². The van der Waals surface area contributed by atoms with Gasteiger partial charge in [0.2, 0.25) is 0 Å². The van der Waals surface area contributed by atoms with Crippen molar-refractivity contribution >= 4 is 9.84 Å². The second kappa shape index (κ2) is 6.87. The summed E-state index contributed by atoms with van der Waals surface area (Å²) in [6, 6.07) is 7.13. The lowest BCUT2D eigenvalue weighted by atomic mass is 10.0. The maximum atomic E-state index is 12.1. The molecule has 0 unspecified atom stereocenters. The van der Waals surface area contributed by atoms with Crippen molar-refractivity contribution < 1.29 is 8.42 Å². The molecule has 1 heterocycles.